The zero-order chi connectivity index (χ0) is 12.5. The zero-order valence-corrected chi connectivity index (χ0v) is 11.5. The molecule has 0 fully saturated rings. The van der Waals surface area contributed by atoms with Gasteiger partial charge in [-0.2, -0.15) is 0 Å². The summed E-state index contributed by atoms with van der Waals surface area (Å²) in [6.07, 6.45) is 0. The van der Waals surface area contributed by atoms with E-state index in [1.165, 1.54) is 27.2 Å². The van der Waals surface area contributed by atoms with Crippen molar-refractivity contribution in [1.29, 1.82) is 0 Å². The van der Waals surface area contributed by atoms with Crippen molar-refractivity contribution in [3.63, 3.8) is 0 Å². The van der Waals surface area contributed by atoms with Gasteiger partial charge in [0.2, 0.25) is 0 Å². The van der Waals surface area contributed by atoms with Crippen molar-refractivity contribution in [2.24, 2.45) is 0 Å². The smallest absolute Gasteiger partial charge is 0.345 e. The molecule has 0 aliphatic rings. The standard InChI is InChI=1S/C13H7O2S3/c14-13(15)12-6-5-11(18-12)10-4-3-9(17-10)8-2-1-7-16-8/h1-4,6-7H,(H,14,15). The number of rotatable bonds is 3. The van der Waals surface area contributed by atoms with Crippen LogP contribution >= 0.6 is 34.0 Å². The van der Waals surface area contributed by atoms with Gasteiger partial charge in [0.25, 0.3) is 0 Å². The summed E-state index contributed by atoms with van der Waals surface area (Å²) in [4.78, 5) is 15.6. The summed E-state index contributed by atoms with van der Waals surface area (Å²) in [7, 11) is 0. The lowest BCUT2D eigenvalue weighted by atomic mass is 10.3. The van der Waals surface area contributed by atoms with Crippen molar-refractivity contribution >= 4 is 40.0 Å². The summed E-state index contributed by atoms with van der Waals surface area (Å²) in [5, 5.41) is 10.9. The number of thiophene rings is 3. The fourth-order valence-electron chi connectivity index (χ4n) is 1.54. The summed E-state index contributed by atoms with van der Waals surface area (Å²) in [5.74, 6) is -0.891. The number of hydrogen-bond acceptors (Lipinski definition) is 4. The molecule has 0 aromatic carbocycles. The second kappa shape index (κ2) is 4.68. The predicted octanol–water partition coefficient (Wildman–Crippen LogP) is 4.70. The highest BCUT2D eigenvalue weighted by Gasteiger charge is 2.11. The van der Waals surface area contributed by atoms with E-state index in [0.717, 1.165) is 9.75 Å². The number of aromatic carboxylic acids is 1. The molecule has 0 saturated heterocycles. The van der Waals surface area contributed by atoms with Crippen LogP contribution in [-0.2, 0) is 0 Å². The molecule has 0 unspecified atom stereocenters. The molecule has 0 atom stereocenters. The van der Waals surface area contributed by atoms with E-state index in [9.17, 15) is 4.79 Å². The molecule has 3 aromatic heterocycles. The minimum atomic E-state index is -0.891. The number of carboxylic acids is 1. The van der Waals surface area contributed by atoms with Crippen LogP contribution in [0.15, 0.2) is 35.7 Å². The Morgan fingerprint density at radius 3 is 2.61 bits per heavy atom. The summed E-state index contributed by atoms with van der Waals surface area (Å²) in [5.41, 5.74) is 0. The quantitative estimate of drug-likeness (QED) is 0.759. The Morgan fingerprint density at radius 1 is 1.11 bits per heavy atom. The summed E-state index contributed by atoms with van der Waals surface area (Å²) >= 11 is 4.63. The van der Waals surface area contributed by atoms with Gasteiger partial charge in [-0.15, -0.1) is 34.0 Å². The minimum Gasteiger partial charge on any atom is -0.477 e. The molecule has 0 aliphatic carbocycles. The molecule has 0 saturated carbocycles. The first kappa shape index (κ1) is 11.6. The number of carbonyl (C=O) groups is 1. The van der Waals surface area contributed by atoms with Crippen LogP contribution in [0.2, 0.25) is 0 Å². The van der Waals surface area contributed by atoms with Gasteiger partial charge in [-0.05, 0) is 29.6 Å². The van der Waals surface area contributed by atoms with Crippen LogP contribution in [0.1, 0.15) is 9.67 Å². The molecule has 0 amide bonds. The van der Waals surface area contributed by atoms with Crippen LogP contribution in [0.4, 0.5) is 0 Å². The second-order valence-corrected chi connectivity index (χ2v) is 6.61. The van der Waals surface area contributed by atoms with Crippen LogP contribution in [-0.4, -0.2) is 11.1 Å². The molecule has 1 radical (unpaired) electrons. The Balaban J connectivity index is 1.95. The highest BCUT2D eigenvalue weighted by atomic mass is 32.1. The number of hydrogen-bond donors (Lipinski definition) is 1. The van der Waals surface area contributed by atoms with Crippen LogP contribution < -0.4 is 0 Å². The molecule has 0 aliphatic heterocycles. The molecule has 3 heterocycles. The fraction of sp³-hybridized carbons (Fsp3) is 0. The maximum Gasteiger partial charge on any atom is 0.345 e. The highest BCUT2D eigenvalue weighted by molar-refractivity contribution is 7.26. The third-order valence-electron chi connectivity index (χ3n) is 2.35. The van der Waals surface area contributed by atoms with Crippen molar-refractivity contribution < 1.29 is 9.90 Å². The van der Waals surface area contributed by atoms with Gasteiger partial charge in [0, 0.05) is 20.7 Å². The van der Waals surface area contributed by atoms with Crippen LogP contribution in [0, 0.1) is 6.07 Å². The van der Waals surface area contributed by atoms with E-state index in [1.54, 1.807) is 22.7 Å². The lowest BCUT2D eigenvalue weighted by Gasteiger charge is -1.90. The van der Waals surface area contributed by atoms with Crippen molar-refractivity contribution in [2.75, 3.05) is 0 Å². The van der Waals surface area contributed by atoms with Crippen molar-refractivity contribution in [2.45, 2.75) is 0 Å². The van der Waals surface area contributed by atoms with E-state index in [4.69, 9.17) is 5.11 Å². The average molecular weight is 291 g/mol. The Hall–Kier alpha value is -1.43. The molecular weight excluding hydrogens is 284 g/mol. The third-order valence-corrected chi connectivity index (χ3v) is 5.70. The van der Waals surface area contributed by atoms with E-state index in [1.807, 2.05) is 12.1 Å². The van der Waals surface area contributed by atoms with Gasteiger partial charge in [-0.3, -0.25) is 0 Å². The molecular formula is C13H7O2S3. The summed E-state index contributed by atoms with van der Waals surface area (Å²) in [6.45, 7) is 0. The molecule has 5 heteroatoms. The van der Waals surface area contributed by atoms with E-state index in [0.29, 0.717) is 4.88 Å². The normalized spacial score (nSPS) is 10.7. The number of carboxylic acid groups (broad SMARTS) is 1. The van der Waals surface area contributed by atoms with Crippen molar-refractivity contribution in [1.82, 2.24) is 0 Å². The van der Waals surface area contributed by atoms with Crippen LogP contribution in [0.3, 0.4) is 0 Å². The summed E-state index contributed by atoms with van der Waals surface area (Å²) < 4.78 is 0. The maximum absolute atomic E-state index is 10.8. The second-order valence-electron chi connectivity index (χ2n) is 3.53. The average Bonchev–Trinajstić information content (AvgIpc) is 3.10. The lowest BCUT2D eigenvalue weighted by molar-refractivity contribution is 0.0702. The molecule has 3 aromatic rings. The van der Waals surface area contributed by atoms with Gasteiger partial charge in [0.1, 0.15) is 4.88 Å². The van der Waals surface area contributed by atoms with Gasteiger partial charge >= 0.3 is 5.97 Å². The Morgan fingerprint density at radius 2 is 1.94 bits per heavy atom. The first-order valence-electron chi connectivity index (χ1n) is 5.13. The van der Waals surface area contributed by atoms with Gasteiger partial charge in [0.15, 0.2) is 0 Å². The molecule has 0 bridgehead atoms. The predicted molar refractivity (Wildman–Crippen MR) is 76.7 cm³/mol. The third kappa shape index (κ3) is 2.12. The van der Waals surface area contributed by atoms with Crippen LogP contribution in [0.5, 0.6) is 0 Å². The molecule has 1 N–H and O–H groups in total. The monoisotopic (exact) mass is 291 g/mol. The topological polar surface area (TPSA) is 37.3 Å². The largest absolute Gasteiger partial charge is 0.477 e. The Kier molecular flexibility index (Phi) is 3.03. The fourth-order valence-corrected chi connectivity index (χ4v) is 4.24. The van der Waals surface area contributed by atoms with E-state index in [2.05, 4.69) is 23.6 Å². The molecule has 0 spiro atoms. The van der Waals surface area contributed by atoms with Crippen molar-refractivity contribution in [3.8, 4) is 19.5 Å². The molecule has 2 nitrogen and oxygen atoms in total. The lowest BCUT2D eigenvalue weighted by Crippen LogP contribution is -1.89. The van der Waals surface area contributed by atoms with Gasteiger partial charge in [-0.1, -0.05) is 6.07 Å². The maximum atomic E-state index is 10.8. The van der Waals surface area contributed by atoms with E-state index >= 15 is 0 Å². The van der Waals surface area contributed by atoms with Crippen molar-refractivity contribution in [3.05, 3.63) is 46.7 Å². The van der Waals surface area contributed by atoms with E-state index in [-0.39, 0.29) is 0 Å². The Labute approximate surface area is 116 Å². The SMILES string of the molecule is O=C(O)c1c[c]c(-c2ccc(-c3cccs3)s2)s1. The molecule has 3 rings (SSSR count). The highest BCUT2D eigenvalue weighted by Crippen LogP contribution is 2.38. The first-order valence-corrected chi connectivity index (χ1v) is 7.64. The summed E-state index contributed by atoms with van der Waals surface area (Å²) in [6, 6.07) is 12.8. The van der Waals surface area contributed by atoms with E-state index < -0.39 is 5.97 Å². The first-order chi connectivity index (χ1) is 8.74. The van der Waals surface area contributed by atoms with Gasteiger partial charge in [-0.25, -0.2) is 4.79 Å². The zero-order valence-electron chi connectivity index (χ0n) is 9.04. The molecule has 89 valence electrons. The molecule has 18 heavy (non-hydrogen) atoms. The minimum absolute atomic E-state index is 0.330. The Bertz CT molecular complexity index is 677. The van der Waals surface area contributed by atoms with Gasteiger partial charge < -0.3 is 5.11 Å². The van der Waals surface area contributed by atoms with Gasteiger partial charge in [0.05, 0.1) is 4.88 Å². The van der Waals surface area contributed by atoms with Crippen LogP contribution in [0.25, 0.3) is 19.5 Å².